The smallest absolute Gasteiger partial charge is 0.356 e. The van der Waals surface area contributed by atoms with Crippen LogP contribution in [0.2, 0.25) is 0 Å². The van der Waals surface area contributed by atoms with Crippen LogP contribution >= 0.6 is 15.9 Å². The minimum Gasteiger partial charge on any atom is -0.451 e. The second-order valence-corrected chi connectivity index (χ2v) is 7.62. The fraction of sp³-hybridized carbons (Fsp3) is 0.421. The van der Waals surface area contributed by atoms with Gasteiger partial charge in [0.05, 0.1) is 4.47 Å². The Morgan fingerprint density at radius 1 is 1.22 bits per heavy atom. The van der Waals surface area contributed by atoms with Gasteiger partial charge in [-0.1, -0.05) is 38.0 Å². The molecule has 0 aliphatic heterocycles. The molecule has 0 radical (unpaired) electrons. The van der Waals surface area contributed by atoms with Gasteiger partial charge in [0.25, 0.3) is 5.91 Å². The number of imide groups is 1. The van der Waals surface area contributed by atoms with Crippen LogP contribution in [0.25, 0.3) is 10.9 Å². The molecule has 1 aliphatic carbocycles. The number of urea groups is 1. The van der Waals surface area contributed by atoms with Crippen LogP contribution in [0.15, 0.2) is 28.7 Å². The number of aromatic nitrogens is 1. The molecule has 3 amide bonds. The summed E-state index contributed by atoms with van der Waals surface area (Å²) in [6.45, 7) is 1.56. The van der Waals surface area contributed by atoms with Gasteiger partial charge < -0.3 is 15.0 Å². The number of aromatic amines is 1. The predicted octanol–water partition coefficient (Wildman–Crippen LogP) is 3.49. The number of H-pyrrole nitrogens is 1. The van der Waals surface area contributed by atoms with Crippen molar-refractivity contribution in [3.05, 3.63) is 34.4 Å². The van der Waals surface area contributed by atoms with Crippen molar-refractivity contribution in [1.29, 1.82) is 0 Å². The number of carbonyl (C=O) groups is 3. The van der Waals surface area contributed by atoms with Crippen LogP contribution < -0.4 is 10.6 Å². The van der Waals surface area contributed by atoms with Gasteiger partial charge in [-0.15, -0.1) is 0 Å². The van der Waals surface area contributed by atoms with Crippen LogP contribution in [-0.4, -0.2) is 35.5 Å². The van der Waals surface area contributed by atoms with E-state index in [0.29, 0.717) is 10.4 Å². The molecule has 2 aromatic rings. The zero-order valence-electron chi connectivity index (χ0n) is 15.0. The van der Waals surface area contributed by atoms with E-state index in [4.69, 9.17) is 4.74 Å². The monoisotopic (exact) mass is 435 g/mol. The summed E-state index contributed by atoms with van der Waals surface area (Å²) in [5, 5.41) is 5.87. The molecule has 144 valence electrons. The maximum Gasteiger partial charge on any atom is 0.356 e. The third-order valence-corrected chi connectivity index (χ3v) is 5.69. The summed E-state index contributed by atoms with van der Waals surface area (Å²) in [4.78, 5) is 39.0. The number of para-hydroxylation sites is 1. The summed E-state index contributed by atoms with van der Waals surface area (Å²) < 4.78 is 5.60. The number of nitrogens with one attached hydrogen (secondary N) is 3. The van der Waals surface area contributed by atoms with E-state index < -0.39 is 24.5 Å². The van der Waals surface area contributed by atoms with E-state index in [2.05, 4.69) is 38.5 Å². The Hall–Kier alpha value is -2.35. The van der Waals surface area contributed by atoms with Crippen molar-refractivity contribution in [3.8, 4) is 0 Å². The number of benzene rings is 1. The highest BCUT2D eigenvalue weighted by molar-refractivity contribution is 9.10. The molecule has 2 atom stereocenters. The molecular formula is C19H22BrN3O4. The number of hydrogen-bond donors (Lipinski definition) is 3. The number of hydrogen-bond acceptors (Lipinski definition) is 4. The van der Waals surface area contributed by atoms with Crippen LogP contribution in [0.5, 0.6) is 0 Å². The topological polar surface area (TPSA) is 100 Å². The van der Waals surface area contributed by atoms with Crippen molar-refractivity contribution in [1.82, 2.24) is 15.6 Å². The van der Waals surface area contributed by atoms with Crippen molar-refractivity contribution in [2.24, 2.45) is 5.92 Å². The fourth-order valence-corrected chi connectivity index (χ4v) is 3.96. The molecule has 8 heteroatoms. The Bertz CT molecular complexity index is 864. The van der Waals surface area contributed by atoms with E-state index in [1.165, 1.54) is 6.42 Å². The number of rotatable bonds is 4. The van der Waals surface area contributed by atoms with E-state index in [9.17, 15) is 14.4 Å². The van der Waals surface area contributed by atoms with Crippen molar-refractivity contribution in [2.45, 2.75) is 38.6 Å². The Kier molecular flexibility index (Phi) is 6.15. The zero-order valence-corrected chi connectivity index (χ0v) is 16.6. The third kappa shape index (κ3) is 4.68. The Morgan fingerprint density at radius 2 is 1.96 bits per heavy atom. The second-order valence-electron chi connectivity index (χ2n) is 6.83. The number of halogens is 1. The van der Waals surface area contributed by atoms with Gasteiger partial charge in [0.1, 0.15) is 5.69 Å². The lowest BCUT2D eigenvalue weighted by molar-refractivity contribution is -0.123. The van der Waals surface area contributed by atoms with Crippen LogP contribution in [0, 0.1) is 5.92 Å². The first kappa shape index (κ1) is 19.4. The lowest BCUT2D eigenvalue weighted by atomic mass is 9.86. The number of amides is 3. The van der Waals surface area contributed by atoms with Crippen LogP contribution in [-0.2, 0) is 9.53 Å². The molecule has 1 heterocycles. The van der Waals surface area contributed by atoms with Crippen molar-refractivity contribution in [3.63, 3.8) is 0 Å². The quantitative estimate of drug-likeness (QED) is 0.639. The molecule has 27 heavy (non-hydrogen) atoms. The molecule has 1 aromatic carbocycles. The van der Waals surface area contributed by atoms with Crippen molar-refractivity contribution >= 4 is 44.7 Å². The van der Waals surface area contributed by atoms with E-state index in [1.807, 2.05) is 24.3 Å². The maximum atomic E-state index is 12.2. The average molecular weight is 436 g/mol. The molecular weight excluding hydrogens is 414 g/mol. The van der Waals surface area contributed by atoms with Gasteiger partial charge in [-0.2, -0.15) is 0 Å². The normalized spacial score (nSPS) is 19.5. The van der Waals surface area contributed by atoms with Gasteiger partial charge in [0, 0.05) is 16.9 Å². The molecule has 7 nitrogen and oxygen atoms in total. The minimum atomic E-state index is -0.672. The highest BCUT2D eigenvalue weighted by Crippen LogP contribution is 2.28. The Labute approximate surface area is 165 Å². The highest BCUT2D eigenvalue weighted by atomic mass is 79.9. The molecule has 0 saturated heterocycles. The largest absolute Gasteiger partial charge is 0.451 e. The summed E-state index contributed by atoms with van der Waals surface area (Å²) in [5.74, 6) is -0.956. The highest BCUT2D eigenvalue weighted by Gasteiger charge is 2.24. The fourth-order valence-electron chi connectivity index (χ4n) is 3.35. The van der Waals surface area contributed by atoms with Gasteiger partial charge in [-0.3, -0.25) is 10.1 Å². The van der Waals surface area contributed by atoms with Gasteiger partial charge in [-0.05, 0) is 40.8 Å². The van der Waals surface area contributed by atoms with Crippen LogP contribution in [0.3, 0.4) is 0 Å². The molecule has 3 rings (SSSR count). The predicted molar refractivity (Wildman–Crippen MR) is 104 cm³/mol. The van der Waals surface area contributed by atoms with Gasteiger partial charge in [0.15, 0.2) is 6.61 Å². The van der Waals surface area contributed by atoms with Gasteiger partial charge >= 0.3 is 12.0 Å². The molecule has 0 spiro atoms. The maximum absolute atomic E-state index is 12.2. The number of ether oxygens (including phenoxy) is 1. The third-order valence-electron chi connectivity index (χ3n) is 4.86. The molecule has 1 saturated carbocycles. The molecule has 3 N–H and O–H groups in total. The standard InChI is InChI=1S/C19H22BrN3O4/c1-11-6-2-4-8-13(11)22-19(26)23-15(24)10-27-18(25)17-16(20)12-7-3-5-9-14(12)21-17/h3,5,7,9,11,13,21H,2,4,6,8,10H2,1H3,(H2,22,23,24,26). The summed E-state index contributed by atoms with van der Waals surface area (Å²) in [7, 11) is 0. The number of fused-ring (bicyclic) bond motifs is 1. The van der Waals surface area contributed by atoms with Gasteiger partial charge in [-0.25, -0.2) is 9.59 Å². The molecule has 2 unspecified atom stereocenters. The average Bonchev–Trinajstić information content (AvgIpc) is 2.99. The van der Waals surface area contributed by atoms with Gasteiger partial charge in [0.2, 0.25) is 0 Å². The second kappa shape index (κ2) is 8.56. The molecule has 1 aromatic heterocycles. The number of esters is 1. The first-order valence-corrected chi connectivity index (χ1v) is 9.78. The summed E-state index contributed by atoms with van der Waals surface area (Å²) in [6, 6.07) is 6.91. The summed E-state index contributed by atoms with van der Waals surface area (Å²) in [5.41, 5.74) is 1.01. The van der Waals surface area contributed by atoms with Crippen molar-refractivity contribution < 1.29 is 19.1 Å². The molecule has 0 bridgehead atoms. The summed E-state index contributed by atoms with van der Waals surface area (Å²) in [6.07, 6.45) is 4.21. The lowest BCUT2D eigenvalue weighted by Crippen LogP contribution is -2.48. The van der Waals surface area contributed by atoms with Crippen LogP contribution in [0.1, 0.15) is 43.1 Å². The van der Waals surface area contributed by atoms with E-state index in [0.717, 1.165) is 30.2 Å². The minimum absolute atomic E-state index is 0.0661. The first-order chi connectivity index (χ1) is 13.0. The Balaban J connectivity index is 1.50. The van der Waals surface area contributed by atoms with E-state index in [1.54, 1.807) is 0 Å². The van der Waals surface area contributed by atoms with Crippen LogP contribution in [0.4, 0.5) is 4.79 Å². The number of carbonyl (C=O) groups excluding carboxylic acids is 3. The Morgan fingerprint density at radius 3 is 2.70 bits per heavy atom. The molecule has 1 aliphatic rings. The molecule has 1 fully saturated rings. The zero-order chi connectivity index (χ0) is 19.4. The van der Waals surface area contributed by atoms with Crippen molar-refractivity contribution in [2.75, 3.05) is 6.61 Å². The SMILES string of the molecule is CC1CCCCC1NC(=O)NC(=O)COC(=O)c1[nH]c2ccccc2c1Br. The van der Waals surface area contributed by atoms with E-state index >= 15 is 0 Å². The summed E-state index contributed by atoms with van der Waals surface area (Å²) >= 11 is 3.36. The first-order valence-electron chi connectivity index (χ1n) is 8.99. The van der Waals surface area contributed by atoms with E-state index in [-0.39, 0.29) is 11.7 Å². The lowest BCUT2D eigenvalue weighted by Gasteiger charge is -2.29.